The van der Waals surface area contributed by atoms with Gasteiger partial charge in [0.2, 0.25) is 10.0 Å². The van der Waals surface area contributed by atoms with Gasteiger partial charge in [0.15, 0.2) is 0 Å². The molecule has 1 aliphatic heterocycles. The molecule has 0 radical (unpaired) electrons. The molecule has 0 bridgehead atoms. The molecule has 1 saturated heterocycles. The third-order valence-electron chi connectivity index (χ3n) is 4.62. The van der Waals surface area contributed by atoms with Crippen LogP contribution in [0.25, 0.3) is 0 Å². The standard InChI is InChI=1S/C18H22N4O5S/c23-13-15(11-14-5-1-2-8-19-14)20-17-7-6-16(22(24)25)12-18(17)28(26,27)21-9-3-4-10-21/h1-2,5-8,12,15,20,23H,3-4,9-11,13H2/t15-/m1/s1. The fraction of sp³-hybridized carbons (Fsp3) is 0.389. The summed E-state index contributed by atoms with van der Waals surface area (Å²) < 4.78 is 27.4. The average Bonchev–Trinajstić information content (AvgIpc) is 3.24. The first-order valence-corrected chi connectivity index (χ1v) is 10.4. The second kappa shape index (κ2) is 8.63. The van der Waals surface area contributed by atoms with Crippen LogP contribution in [0.1, 0.15) is 18.5 Å². The maximum atomic E-state index is 13.0. The Morgan fingerprint density at radius 2 is 2.00 bits per heavy atom. The third-order valence-corrected chi connectivity index (χ3v) is 6.56. The predicted molar refractivity (Wildman–Crippen MR) is 104 cm³/mol. The summed E-state index contributed by atoms with van der Waals surface area (Å²) in [6, 6.07) is 8.62. The minimum Gasteiger partial charge on any atom is -0.394 e. The van der Waals surface area contributed by atoms with Gasteiger partial charge in [-0.1, -0.05) is 6.07 Å². The summed E-state index contributed by atoms with van der Waals surface area (Å²) in [6.07, 6.45) is 3.53. The van der Waals surface area contributed by atoms with E-state index in [0.717, 1.165) is 24.6 Å². The Morgan fingerprint density at radius 1 is 1.25 bits per heavy atom. The molecule has 2 heterocycles. The number of nitrogens with one attached hydrogen (secondary N) is 1. The number of pyridine rings is 1. The number of anilines is 1. The number of rotatable bonds is 8. The first kappa shape index (κ1) is 20.2. The summed E-state index contributed by atoms with van der Waals surface area (Å²) in [7, 11) is -3.88. The van der Waals surface area contributed by atoms with Crippen LogP contribution >= 0.6 is 0 Å². The lowest BCUT2D eigenvalue weighted by Gasteiger charge is -2.22. The van der Waals surface area contributed by atoms with Gasteiger partial charge in [0.25, 0.3) is 5.69 Å². The topological polar surface area (TPSA) is 126 Å². The van der Waals surface area contributed by atoms with E-state index in [9.17, 15) is 23.6 Å². The molecule has 1 fully saturated rings. The molecule has 0 amide bonds. The molecule has 1 aromatic heterocycles. The highest BCUT2D eigenvalue weighted by molar-refractivity contribution is 7.89. The van der Waals surface area contributed by atoms with E-state index in [-0.39, 0.29) is 22.9 Å². The molecule has 10 heteroatoms. The smallest absolute Gasteiger partial charge is 0.270 e. The molecule has 1 aromatic carbocycles. The average molecular weight is 406 g/mol. The minimum absolute atomic E-state index is 0.150. The van der Waals surface area contributed by atoms with E-state index in [1.165, 1.54) is 16.4 Å². The summed E-state index contributed by atoms with van der Waals surface area (Å²) in [4.78, 5) is 14.6. The zero-order valence-electron chi connectivity index (χ0n) is 15.2. The van der Waals surface area contributed by atoms with Crippen molar-refractivity contribution in [3.05, 3.63) is 58.4 Å². The van der Waals surface area contributed by atoms with Crippen LogP contribution in [0.5, 0.6) is 0 Å². The highest BCUT2D eigenvalue weighted by Crippen LogP contribution is 2.31. The molecular formula is C18H22N4O5S. The molecule has 28 heavy (non-hydrogen) atoms. The van der Waals surface area contributed by atoms with E-state index in [4.69, 9.17) is 0 Å². The maximum Gasteiger partial charge on any atom is 0.270 e. The third kappa shape index (κ3) is 4.46. The van der Waals surface area contributed by atoms with E-state index in [1.807, 2.05) is 12.1 Å². The van der Waals surface area contributed by atoms with Crippen LogP contribution in [0.15, 0.2) is 47.5 Å². The quantitative estimate of drug-likeness (QED) is 0.505. The van der Waals surface area contributed by atoms with E-state index in [1.54, 1.807) is 12.3 Å². The Morgan fingerprint density at radius 3 is 2.61 bits per heavy atom. The monoisotopic (exact) mass is 406 g/mol. The van der Waals surface area contributed by atoms with Crippen molar-refractivity contribution in [3.63, 3.8) is 0 Å². The van der Waals surface area contributed by atoms with Crippen LogP contribution in [0.2, 0.25) is 0 Å². The minimum atomic E-state index is -3.88. The lowest BCUT2D eigenvalue weighted by molar-refractivity contribution is -0.385. The van der Waals surface area contributed by atoms with Gasteiger partial charge in [0, 0.05) is 43.5 Å². The Labute approximate surface area is 163 Å². The molecule has 2 aromatic rings. The van der Waals surface area contributed by atoms with Crippen molar-refractivity contribution in [1.82, 2.24) is 9.29 Å². The summed E-state index contributed by atoms with van der Waals surface area (Å²) >= 11 is 0. The number of sulfonamides is 1. The van der Waals surface area contributed by atoms with Gasteiger partial charge in [0.1, 0.15) is 4.90 Å². The number of non-ortho nitro benzene ring substituents is 1. The number of aliphatic hydroxyl groups is 1. The molecule has 1 atom stereocenters. The number of nitro groups is 1. The summed E-state index contributed by atoms with van der Waals surface area (Å²) in [5, 5.41) is 23.9. The van der Waals surface area contributed by atoms with Crippen molar-refractivity contribution < 1.29 is 18.4 Å². The van der Waals surface area contributed by atoms with Crippen LogP contribution < -0.4 is 5.32 Å². The van der Waals surface area contributed by atoms with Crippen molar-refractivity contribution in [3.8, 4) is 0 Å². The molecule has 0 saturated carbocycles. The van der Waals surface area contributed by atoms with Gasteiger partial charge in [-0.15, -0.1) is 0 Å². The molecule has 0 unspecified atom stereocenters. The van der Waals surface area contributed by atoms with Gasteiger partial charge in [-0.3, -0.25) is 15.1 Å². The molecular weight excluding hydrogens is 384 g/mol. The Bertz CT molecular complexity index is 930. The van der Waals surface area contributed by atoms with E-state index in [2.05, 4.69) is 10.3 Å². The number of aliphatic hydroxyl groups excluding tert-OH is 1. The number of hydrogen-bond acceptors (Lipinski definition) is 7. The summed E-state index contributed by atoms with van der Waals surface area (Å²) in [5.74, 6) is 0. The number of nitrogens with zero attached hydrogens (tertiary/aromatic N) is 3. The number of benzene rings is 1. The van der Waals surface area contributed by atoms with Crippen LogP contribution in [-0.4, -0.2) is 53.5 Å². The van der Waals surface area contributed by atoms with Crippen LogP contribution in [-0.2, 0) is 16.4 Å². The molecule has 1 aliphatic rings. The lowest BCUT2D eigenvalue weighted by Crippen LogP contribution is -2.31. The molecule has 2 N–H and O–H groups in total. The summed E-state index contributed by atoms with van der Waals surface area (Å²) in [6.45, 7) is 0.528. The fourth-order valence-corrected chi connectivity index (χ4v) is 4.87. The van der Waals surface area contributed by atoms with Crippen LogP contribution in [0.4, 0.5) is 11.4 Å². The zero-order valence-corrected chi connectivity index (χ0v) is 16.0. The number of nitro benzene ring substituents is 1. The van der Waals surface area contributed by atoms with Crippen molar-refractivity contribution in [2.24, 2.45) is 0 Å². The Balaban J connectivity index is 1.94. The molecule has 9 nitrogen and oxygen atoms in total. The Hall–Kier alpha value is -2.56. The Kier molecular flexibility index (Phi) is 6.22. The van der Waals surface area contributed by atoms with Gasteiger partial charge in [-0.2, -0.15) is 4.31 Å². The van der Waals surface area contributed by atoms with Gasteiger partial charge in [-0.05, 0) is 31.0 Å². The van der Waals surface area contributed by atoms with Gasteiger partial charge in [-0.25, -0.2) is 8.42 Å². The van der Waals surface area contributed by atoms with Gasteiger partial charge in [0.05, 0.1) is 23.3 Å². The lowest BCUT2D eigenvalue weighted by atomic mass is 10.1. The summed E-state index contributed by atoms with van der Waals surface area (Å²) in [5.41, 5.74) is 0.668. The zero-order chi connectivity index (χ0) is 20.1. The number of hydrogen-bond donors (Lipinski definition) is 2. The predicted octanol–water partition coefficient (Wildman–Crippen LogP) is 1.79. The maximum absolute atomic E-state index is 13.0. The number of aromatic nitrogens is 1. The largest absolute Gasteiger partial charge is 0.394 e. The molecule has 3 rings (SSSR count). The molecule has 0 spiro atoms. The second-order valence-electron chi connectivity index (χ2n) is 6.60. The molecule has 0 aliphatic carbocycles. The van der Waals surface area contributed by atoms with Crippen molar-refractivity contribution >= 4 is 21.4 Å². The van der Waals surface area contributed by atoms with Crippen molar-refractivity contribution in [2.45, 2.75) is 30.2 Å². The normalized spacial score (nSPS) is 16.0. The SMILES string of the molecule is O=[N+]([O-])c1ccc(N[C@@H](CO)Cc2ccccn2)c(S(=O)(=O)N2CCCC2)c1. The first-order chi connectivity index (χ1) is 13.4. The van der Waals surface area contributed by atoms with Crippen molar-refractivity contribution in [1.29, 1.82) is 0 Å². The highest BCUT2D eigenvalue weighted by atomic mass is 32.2. The van der Waals surface area contributed by atoms with Gasteiger partial charge >= 0.3 is 0 Å². The van der Waals surface area contributed by atoms with E-state index < -0.39 is 21.0 Å². The van der Waals surface area contributed by atoms with Crippen molar-refractivity contribution in [2.75, 3.05) is 25.0 Å². The van der Waals surface area contributed by atoms with Crippen LogP contribution in [0.3, 0.4) is 0 Å². The molecule has 150 valence electrons. The first-order valence-electron chi connectivity index (χ1n) is 8.97. The van der Waals surface area contributed by atoms with E-state index in [0.29, 0.717) is 19.5 Å². The van der Waals surface area contributed by atoms with E-state index >= 15 is 0 Å². The van der Waals surface area contributed by atoms with Crippen LogP contribution in [0, 0.1) is 10.1 Å². The van der Waals surface area contributed by atoms with Gasteiger partial charge < -0.3 is 10.4 Å². The highest BCUT2D eigenvalue weighted by Gasteiger charge is 2.31. The fourth-order valence-electron chi connectivity index (χ4n) is 3.18. The second-order valence-corrected chi connectivity index (χ2v) is 8.50.